The van der Waals surface area contributed by atoms with Gasteiger partial charge in [-0.3, -0.25) is 19.7 Å². The lowest BCUT2D eigenvalue weighted by atomic mass is 9.89. The molecule has 2 atom stereocenters. The first-order chi connectivity index (χ1) is 10.2. The van der Waals surface area contributed by atoms with Gasteiger partial charge < -0.3 is 5.11 Å². The summed E-state index contributed by atoms with van der Waals surface area (Å²) in [5.74, 6) is -1.27. The molecule has 0 saturated heterocycles. The third-order valence-corrected chi connectivity index (χ3v) is 4.08. The Labute approximate surface area is 123 Å². The second-order valence-corrected chi connectivity index (χ2v) is 5.33. The zero-order valence-corrected chi connectivity index (χ0v) is 11.8. The first kappa shape index (κ1) is 13.7. The molecule has 1 N–H and O–H groups in total. The lowest BCUT2D eigenvalue weighted by Gasteiger charge is -2.36. The Morgan fingerprint density at radius 3 is 2.90 bits per heavy atom. The molecule has 0 saturated carbocycles. The van der Waals surface area contributed by atoms with Crippen molar-refractivity contribution in [2.75, 3.05) is 6.54 Å². The van der Waals surface area contributed by atoms with E-state index in [1.807, 2.05) is 31.2 Å². The van der Waals surface area contributed by atoms with E-state index < -0.39 is 11.9 Å². The Morgan fingerprint density at radius 1 is 1.38 bits per heavy atom. The van der Waals surface area contributed by atoms with Gasteiger partial charge in [0, 0.05) is 31.7 Å². The fourth-order valence-electron chi connectivity index (χ4n) is 2.85. The van der Waals surface area contributed by atoms with E-state index in [0.29, 0.717) is 6.54 Å². The first-order valence-corrected chi connectivity index (χ1v) is 6.97. The van der Waals surface area contributed by atoms with Crippen LogP contribution >= 0.6 is 0 Å². The minimum absolute atomic E-state index is 0.0360. The van der Waals surface area contributed by atoms with Crippen LogP contribution in [0.1, 0.15) is 35.7 Å². The number of benzene rings is 1. The fourth-order valence-corrected chi connectivity index (χ4v) is 2.85. The van der Waals surface area contributed by atoms with Crippen molar-refractivity contribution < 1.29 is 9.90 Å². The molecule has 0 aliphatic carbocycles. The molecule has 1 aliphatic heterocycles. The number of nitrogens with zero attached hydrogens (tertiary/aromatic N) is 3. The van der Waals surface area contributed by atoms with Crippen LogP contribution in [0.15, 0.2) is 42.9 Å². The maximum atomic E-state index is 11.6. The summed E-state index contributed by atoms with van der Waals surface area (Å²) >= 11 is 0. The molecule has 5 nitrogen and oxygen atoms in total. The highest BCUT2D eigenvalue weighted by molar-refractivity contribution is 5.77. The molecule has 0 radical (unpaired) electrons. The van der Waals surface area contributed by atoms with Crippen molar-refractivity contribution in [3.8, 4) is 0 Å². The molecular formula is C16H17N3O2. The lowest BCUT2D eigenvalue weighted by Crippen LogP contribution is -2.38. The van der Waals surface area contributed by atoms with Gasteiger partial charge in [0.1, 0.15) is 0 Å². The molecule has 0 bridgehead atoms. The SMILES string of the molecule is CC(c1cnccn1)N1Cc2ccccc2C(C(=O)O)C1. The van der Waals surface area contributed by atoms with E-state index >= 15 is 0 Å². The fraction of sp³-hybridized carbons (Fsp3) is 0.312. The van der Waals surface area contributed by atoms with Gasteiger partial charge in [-0.2, -0.15) is 0 Å². The number of carboxylic acid groups (broad SMARTS) is 1. The summed E-state index contributed by atoms with van der Waals surface area (Å²) in [5.41, 5.74) is 2.86. The molecule has 5 heteroatoms. The number of fused-ring (bicyclic) bond motifs is 1. The van der Waals surface area contributed by atoms with Crippen LogP contribution in [0, 0.1) is 0 Å². The average Bonchev–Trinajstić information content (AvgIpc) is 2.53. The van der Waals surface area contributed by atoms with Gasteiger partial charge >= 0.3 is 5.97 Å². The number of aliphatic carboxylic acids is 1. The summed E-state index contributed by atoms with van der Waals surface area (Å²) < 4.78 is 0. The minimum Gasteiger partial charge on any atom is -0.481 e. The van der Waals surface area contributed by atoms with Gasteiger partial charge in [0.25, 0.3) is 0 Å². The molecule has 0 spiro atoms. The summed E-state index contributed by atoms with van der Waals surface area (Å²) in [4.78, 5) is 22.1. The number of hydrogen-bond acceptors (Lipinski definition) is 4. The minimum atomic E-state index is -0.779. The Hall–Kier alpha value is -2.27. The Kier molecular flexibility index (Phi) is 3.66. The van der Waals surface area contributed by atoms with Gasteiger partial charge in [0.2, 0.25) is 0 Å². The maximum Gasteiger partial charge on any atom is 0.312 e. The number of aromatic nitrogens is 2. The Bertz CT molecular complexity index is 645. The zero-order chi connectivity index (χ0) is 14.8. The summed E-state index contributed by atoms with van der Waals surface area (Å²) in [5, 5.41) is 9.50. The van der Waals surface area contributed by atoms with Crippen molar-refractivity contribution in [1.29, 1.82) is 0 Å². The van der Waals surface area contributed by atoms with E-state index in [9.17, 15) is 9.90 Å². The van der Waals surface area contributed by atoms with Crippen molar-refractivity contribution in [2.24, 2.45) is 0 Å². The summed E-state index contributed by atoms with van der Waals surface area (Å²) in [6.45, 7) is 3.26. The summed E-state index contributed by atoms with van der Waals surface area (Å²) in [6, 6.07) is 7.80. The van der Waals surface area contributed by atoms with Crippen molar-refractivity contribution in [3.05, 3.63) is 59.7 Å². The monoisotopic (exact) mass is 283 g/mol. The van der Waals surface area contributed by atoms with Crippen LogP contribution in [0.5, 0.6) is 0 Å². The third kappa shape index (κ3) is 2.64. The largest absolute Gasteiger partial charge is 0.481 e. The molecule has 108 valence electrons. The predicted molar refractivity (Wildman–Crippen MR) is 77.7 cm³/mol. The summed E-state index contributed by atoms with van der Waals surface area (Å²) in [7, 11) is 0. The number of carboxylic acids is 1. The molecule has 1 aromatic heterocycles. The molecule has 0 fully saturated rings. The van der Waals surface area contributed by atoms with Crippen LogP contribution < -0.4 is 0 Å². The molecular weight excluding hydrogens is 266 g/mol. The third-order valence-electron chi connectivity index (χ3n) is 4.08. The molecule has 3 rings (SSSR count). The summed E-state index contributed by atoms with van der Waals surface area (Å²) in [6.07, 6.45) is 5.04. The number of rotatable bonds is 3. The van der Waals surface area contributed by atoms with Gasteiger partial charge in [-0.25, -0.2) is 0 Å². The average molecular weight is 283 g/mol. The predicted octanol–water partition coefficient (Wildman–Crippen LogP) is 2.22. The smallest absolute Gasteiger partial charge is 0.312 e. The lowest BCUT2D eigenvalue weighted by molar-refractivity contribution is -0.139. The Balaban J connectivity index is 1.91. The highest BCUT2D eigenvalue weighted by atomic mass is 16.4. The maximum absolute atomic E-state index is 11.6. The normalized spacial score (nSPS) is 19.8. The Morgan fingerprint density at radius 2 is 2.19 bits per heavy atom. The van der Waals surface area contributed by atoms with Crippen LogP contribution in [0.25, 0.3) is 0 Å². The van der Waals surface area contributed by atoms with Crippen LogP contribution in [0.3, 0.4) is 0 Å². The highest BCUT2D eigenvalue weighted by Crippen LogP contribution is 2.32. The van der Waals surface area contributed by atoms with Gasteiger partial charge in [-0.05, 0) is 18.1 Å². The topological polar surface area (TPSA) is 66.3 Å². The van der Waals surface area contributed by atoms with E-state index in [-0.39, 0.29) is 6.04 Å². The van der Waals surface area contributed by atoms with Crippen molar-refractivity contribution in [3.63, 3.8) is 0 Å². The molecule has 2 heterocycles. The van der Waals surface area contributed by atoms with Gasteiger partial charge in [0.05, 0.1) is 17.7 Å². The number of carbonyl (C=O) groups is 1. The van der Waals surface area contributed by atoms with Crippen LogP contribution in [0.2, 0.25) is 0 Å². The van der Waals surface area contributed by atoms with Crippen LogP contribution in [-0.4, -0.2) is 32.5 Å². The van der Waals surface area contributed by atoms with Crippen molar-refractivity contribution >= 4 is 5.97 Å². The van der Waals surface area contributed by atoms with E-state index in [0.717, 1.165) is 23.4 Å². The van der Waals surface area contributed by atoms with E-state index in [1.54, 1.807) is 18.6 Å². The standard InChI is InChI=1S/C16H17N3O2/c1-11(15-8-17-6-7-18-15)19-9-12-4-2-3-5-13(12)14(10-19)16(20)21/h2-8,11,14H,9-10H2,1H3,(H,20,21). The van der Waals surface area contributed by atoms with Gasteiger partial charge in [0.15, 0.2) is 0 Å². The van der Waals surface area contributed by atoms with Crippen molar-refractivity contribution in [2.45, 2.75) is 25.4 Å². The van der Waals surface area contributed by atoms with Crippen molar-refractivity contribution in [1.82, 2.24) is 14.9 Å². The molecule has 21 heavy (non-hydrogen) atoms. The van der Waals surface area contributed by atoms with Gasteiger partial charge in [-0.15, -0.1) is 0 Å². The second-order valence-electron chi connectivity index (χ2n) is 5.33. The molecule has 1 aliphatic rings. The molecule has 1 aromatic carbocycles. The van der Waals surface area contributed by atoms with Crippen LogP contribution in [0.4, 0.5) is 0 Å². The molecule has 2 aromatic rings. The van der Waals surface area contributed by atoms with E-state index in [4.69, 9.17) is 0 Å². The number of hydrogen-bond donors (Lipinski definition) is 1. The zero-order valence-electron chi connectivity index (χ0n) is 11.8. The van der Waals surface area contributed by atoms with E-state index in [1.165, 1.54) is 0 Å². The van der Waals surface area contributed by atoms with E-state index in [2.05, 4.69) is 14.9 Å². The first-order valence-electron chi connectivity index (χ1n) is 6.97. The van der Waals surface area contributed by atoms with Crippen LogP contribution in [-0.2, 0) is 11.3 Å². The molecule has 2 unspecified atom stereocenters. The highest BCUT2D eigenvalue weighted by Gasteiger charge is 2.32. The quantitative estimate of drug-likeness (QED) is 0.935. The second kappa shape index (κ2) is 5.61. The van der Waals surface area contributed by atoms with Gasteiger partial charge in [-0.1, -0.05) is 24.3 Å². The molecule has 0 amide bonds.